The fourth-order valence-electron chi connectivity index (χ4n) is 3.01. The van der Waals surface area contributed by atoms with E-state index in [4.69, 9.17) is 16.8 Å². The number of aromatic nitrogens is 1. The number of benzene rings is 1. The van der Waals surface area contributed by atoms with Gasteiger partial charge in [0, 0.05) is 5.02 Å². The zero-order valence-corrected chi connectivity index (χ0v) is 16.3. The fourth-order valence-corrected chi connectivity index (χ4v) is 6.09. The second-order valence-corrected chi connectivity index (χ2v) is 9.72. The molecular weight excluding hydrogens is 398 g/mol. The third-order valence-corrected chi connectivity index (χ3v) is 8.36. The van der Waals surface area contributed by atoms with Gasteiger partial charge in [0.05, 0.1) is 12.2 Å². The number of hydroxylamine groups is 1. The molecule has 1 aliphatic rings. The number of nitrogens with zero attached hydrogens (tertiary/aromatic N) is 1. The van der Waals surface area contributed by atoms with E-state index in [-0.39, 0.29) is 4.88 Å². The molecule has 1 fully saturated rings. The zero-order chi connectivity index (χ0) is 18.9. The molecule has 3 rings (SSSR count). The number of carbonyl (C=O) groups is 1. The SMILES string of the molecule is CC(NS(=O)(=O)C1(c2ccc(Cl)cc2)CCC1)c1ncc(C(=O)NO)s1. The number of rotatable bonds is 6. The Labute approximate surface area is 160 Å². The smallest absolute Gasteiger partial charge is 0.286 e. The van der Waals surface area contributed by atoms with Gasteiger partial charge in [0.1, 0.15) is 14.6 Å². The van der Waals surface area contributed by atoms with Crippen molar-refractivity contribution >= 4 is 38.9 Å². The van der Waals surface area contributed by atoms with Crippen LogP contribution in [0.2, 0.25) is 5.02 Å². The van der Waals surface area contributed by atoms with E-state index in [1.165, 1.54) is 11.7 Å². The second-order valence-electron chi connectivity index (χ2n) is 6.20. The minimum atomic E-state index is -3.69. The van der Waals surface area contributed by atoms with Crippen molar-refractivity contribution in [3.8, 4) is 0 Å². The lowest BCUT2D eigenvalue weighted by molar-refractivity contribution is 0.0710. The maximum Gasteiger partial charge on any atom is 0.286 e. The van der Waals surface area contributed by atoms with Gasteiger partial charge < -0.3 is 0 Å². The molecule has 1 unspecified atom stereocenters. The van der Waals surface area contributed by atoms with Crippen molar-refractivity contribution in [2.24, 2.45) is 0 Å². The Morgan fingerprint density at radius 1 is 1.35 bits per heavy atom. The summed E-state index contributed by atoms with van der Waals surface area (Å²) in [6.45, 7) is 1.67. The second kappa shape index (κ2) is 7.24. The summed E-state index contributed by atoms with van der Waals surface area (Å²) in [7, 11) is -3.69. The lowest BCUT2D eigenvalue weighted by Crippen LogP contribution is -2.49. The van der Waals surface area contributed by atoms with E-state index in [1.807, 2.05) is 0 Å². The van der Waals surface area contributed by atoms with Gasteiger partial charge in [0.15, 0.2) is 0 Å². The molecule has 1 aliphatic carbocycles. The molecule has 1 heterocycles. The number of nitrogens with one attached hydrogen (secondary N) is 2. The molecule has 2 aromatic rings. The maximum absolute atomic E-state index is 13.1. The highest BCUT2D eigenvalue weighted by atomic mass is 35.5. The predicted molar refractivity (Wildman–Crippen MR) is 98.8 cm³/mol. The van der Waals surface area contributed by atoms with Crippen molar-refractivity contribution in [1.29, 1.82) is 0 Å². The molecule has 7 nitrogen and oxygen atoms in total. The molecule has 140 valence electrons. The highest BCUT2D eigenvalue weighted by molar-refractivity contribution is 7.90. The van der Waals surface area contributed by atoms with Crippen LogP contribution in [0, 0.1) is 0 Å². The van der Waals surface area contributed by atoms with Crippen LogP contribution in [-0.4, -0.2) is 24.5 Å². The monoisotopic (exact) mass is 415 g/mol. The Kier molecular flexibility index (Phi) is 5.36. The van der Waals surface area contributed by atoms with Crippen LogP contribution in [0.1, 0.15) is 52.5 Å². The van der Waals surface area contributed by atoms with E-state index >= 15 is 0 Å². The van der Waals surface area contributed by atoms with Gasteiger partial charge >= 0.3 is 0 Å². The van der Waals surface area contributed by atoms with Crippen LogP contribution < -0.4 is 10.2 Å². The van der Waals surface area contributed by atoms with Crippen LogP contribution in [0.15, 0.2) is 30.5 Å². The van der Waals surface area contributed by atoms with Gasteiger partial charge in [0.2, 0.25) is 10.0 Å². The Morgan fingerprint density at radius 2 is 2.00 bits per heavy atom. The number of amides is 1. The minimum absolute atomic E-state index is 0.199. The zero-order valence-electron chi connectivity index (χ0n) is 13.9. The first-order valence-electron chi connectivity index (χ1n) is 7.97. The third-order valence-electron chi connectivity index (χ3n) is 4.60. The summed E-state index contributed by atoms with van der Waals surface area (Å²) in [5.41, 5.74) is 2.25. The summed E-state index contributed by atoms with van der Waals surface area (Å²) in [6.07, 6.45) is 3.20. The van der Waals surface area contributed by atoms with Crippen LogP contribution in [0.3, 0.4) is 0 Å². The van der Waals surface area contributed by atoms with Crippen LogP contribution in [-0.2, 0) is 14.8 Å². The first kappa shape index (κ1) is 19.2. The Bertz CT molecular complexity index is 908. The predicted octanol–water partition coefficient (Wildman–Crippen LogP) is 2.98. The first-order chi connectivity index (χ1) is 12.3. The number of hydrogen-bond acceptors (Lipinski definition) is 6. The minimum Gasteiger partial charge on any atom is -0.288 e. The highest BCUT2D eigenvalue weighted by Crippen LogP contribution is 2.48. The van der Waals surface area contributed by atoms with Crippen molar-refractivity contribution in [3.05, 3.63) is 50.9 Å². The summed E-state index contributed by atoms with van der Waals surface area (Å²) >= 11 is 6.94. The highest BCUT2D eigenvalue weighted by Gasteiger charge is 2.50. The summed E-state index contributed by atoms with van der Waals surface area (Å²) in [5.74, 6) is -0.680. The van der Waals surface area contributed by atoms with Gasteiger partial charge in [-0.05, 0) is 43.9 Å². The maximum atomic E-state index is 13.1. The van der Waals surface area contributed by atoms with Crippen molar-refractivity contribution in [2.75, 3.05) is 0 Å². The van der Waals surface area contributed by atoms with Crippen molar-refractivity contribution in [2.45, 2.75) is 37.0 Å². The first-order valence-corrected chi connectivity index (χ1v) is 10.6. The molecule has 1 atom stereocenters. The number of hydrogen-bond donors (Lipinski definition) is 3. The lowest BCUT2D eigenvalue weighted by atomic mass is 9.79. The molecule has 10 heteroatoms. The van der Waals surface area contributed by atoms with E-state index in [0.29, 0.717) is 28.4 Å². The molecule has 1 amide bonds. The van der Waals surface area contributed by atoms with Crippen molar-refractivity contribution in [3.63, 3.8) is 0 Å². The van der Waals surface area contributed by atoms with Gasteiger partial charge in [-0.15, -0.1) is 11.3 Å². The van der Waals surface area contributed by atoms with E-state index in [2.05, 4.69) is 9.71 Å². The normalized spacial score (nSPS) is 17.3. The average Bonchev–Trinajstić information content (AvgIpc) is 3.04. The average molecular weight is 416 g/mol. The molecule has 1 aromatic carbocycles. The number of sulfonamides is 1. The summed E-state index contributed by atoms with van der Waals surface area (Å²) in [4.78, 5) is 15.7. The largest absolute Gasteiger partial charge is 0.288 e. The van der Waals surface area contributed by atoms with Crippen molar-refractivity contribution < 1.29 is 18.4 Å². The van der Waals surface area contributed by atoms with E-state index in [1.54, 1.807) is 31.2 Å². The van der Waals surface area contributed by atoms with Gasteiger partial charge in [-0.3, -0.25) is 10.0 Å². The lowest BCUT2D eigenvalue weighted by Gasteiger charge is -2.41. The summed E-state index contributed by atoms with van der Waals surface area (Å²) < 4.78 is 27.9. The molecule has 26 heavy (non-hydrogen) atoms. The third kappa shape index (κ3) is 3.37. The number of halogens is 1. The topological polar surface area (TPSA) is 108 Å². The molecule has 1 aromatic heterocycles. The van der Waals surface area contributed by atoms with E-state index in [9.17, 15) is 13.2 Å². The Hall–Kier alpha value is -1.52. The molecular formula is C16H18ClN3O4S2. The Balaban J connectivity index is 1.84. The summed E-state index contributed by atoms with van der Waals surface area (Å²) in [6, 6.07) is 6.28. The van der Waals surface area contributed by atoms with Crippen molar-refractivity contribution in [1.82, 2.24) is 15.2 Å². The van der Waals surface area contributed by atoms with Crippen LogP contribution >= 0.6 is 22.9 Å². The molecule has 0 saturated heterocycles. The number of thiazole rings is 1. The molecule has 0 bridgehead atoms. The van der Waals surface area contributed by atoms with Gasteiger partial charge in [-0.25, -0.2) is 23.6 Å². The van der Waals surface area contributed by atoms with Crippen LogP contribution in [0.25, 0.3) is 0 Å². The van der Waals surface area contributed by atoms with Gasteiger partial charge in [-0.2, -0.15) is 0 Å². The van der Waals surface area contributed by atoms with E-state index < -0.39 is 26.7 Å². The molecule has 3 N–H and O–H groups in total. The van der Waals surface area contributed by atoms with Crippen LogP contribution in [0.5, 0.6) is 0 Å². The van der Waals surface area contributed by atoms with E-state index in [0.717, 1.165) is 17.8 Å². The molecule has 0 spiro atoms. The Morgan fingerprint density at radius 3 is 2.54 bits per heavy atom. The fraction of sp³-hybridized carbons (Fsp3) is 0.375. The van der Waals surface area contributed by atoms with Crippen LogP contribution in [0.4, 0.5) is 0 Å². The molecule has 0 radical (unpaired) electrons. The summed E-state index contributed by atoms with van der Waals surface area (Å²) in [5, 5.41) is 9.67. The quantitative estimate of drug-likeness (QED) is 0.496. The number of carbonyl (C=O) groups excluding carboxylic acids is 1. The van der Waals surface area contributed by atoms with Gasteiger partial charge in [0.25, 0.3) is 5.91 Å². The standard InChI is InChI=1S/C16H18ClN3O4S2/c1-10(15-18-9-13(25-15)14(21)19-22)20-26(23,24)16(7-2-8-16)11-3-5-12(17)6-4-11/h3-6,9-10,20,22H,2,7-8H2,1H3,(H,19,21). The molecule has 1 saturated carbocycles. The van der Waals surface area contributed by atoms with Gasteiger partial charge in [-0.1, -0.05) is 23.7 Å². The molecule has 0 aliphatic heterocycles.